The molecule has 0 amide bonds. The highest BCUT2D eigenvalue weighted by molar-refractivity contribution is 6.15. The van der Waals surface area contributed by atoms with Gasteiger partial charge in [0.05, 0.1) is 44.8 Å². The minimum atomic E-state index is 0.857. The van der Waals surface area contributed by atoms with Gasteiger partial charge in [-0.2, -0.15) is 0 Å². The van der Waals surface area contributed by atoms with Gasteiger partial charge in [0, 0.05) is 43.8 Å². The Labute approximate surface area is 405 Å². The first-order valence-electron chi connectivity index (χ1n) is 23.7. The molecule has 0 spiro atoms. The Morgan fingerprint density at radius 2 is 0.386 bits per heavy atom. The van der Waals surface area contributed by atoms with Crippen molar-refractivity contribution < 1.29 is 0 Å². The number of hydrogen-bond acceptors (Lipinski definition) is 4. The van der Waals surface area contributed by atoms with E-state index < -0.39 is 0 Å². The van der Waals surface area contributed by atoms with Gasteiger partial charge in [0.25, 0.3) is 0 Å². The highest BCUT2D eigenvalue weighted by atomic mass is 14.8. The molecule has 326 valence electrons. The van der Waals surface area contributed by atoms with Crippen LogP contribution in [0.3, 0.4) is 0 Å². The normalized spacial score (nSPS) is 11.4. The first-order valence-corrected chi connectivity index (χ1v) is 23.7. The van der Waals surface area contributed by atoms with Crippen LogP contribution in [0.1, 0.15) is 0 Å². The fourth-order valence-electron chi connectivity index (χ4n) is 10.0. The van der Waals surface area contributed by atoms with Gasteiger partial charge in [-0.1, -0.05) is 224 Å². The molecule has 0 bridgehead atoms. The molecule has 0 N–H and O–H groups in total. The molecule has 0 aliphatic carbocycles. The molecule has 0 saturated carbocycles. The van der Waals surface area contributed by atoms with Gasteiger partial charge >= 0.3 is 0 Å². The molecule has 0 unspecified atom stereocenters. The minimum Gasteiger partial charge on any atom is -0.245 e. The van der Waals surface area contributed by atoms with E-state index in [2.05, 4.69) is 243 Å². The van der Waals surface area contributed by atoms with E-state index in [1.54, 1.807) is 0 Å². The third-order valence-corrected chi connectivity index (χ3v) is 13.4. The maximum atomic E-state index is 5.51. The Kier molecular flexibility index (Phi) is 10.1. The molecular weight excluding hydrogens is 849 g/mol. The molecule has 0 atom stereocenters. The number of fused-ring (bicyclic) bond motifs is 6. The van der Waals surface area contributed by atoms with E-state index in [4.69, 9.17) is 19.9 Å². The molecule has 9 aromatic carbocycles. The lowest BCUT2D eigenvalue weighted by Gasteiger charge is -2.17. The van der Waals surface area contributed by atoms with Gasteiger partial charge < -0.3 is 0 Å². The summed E-state index contributed by atoms with van der Waals surface area (Å²) in [5.74, 6) is 0. The summed E-state index contributed by atoms with van der Waals surface area (Å²) in [6, 6.07) is 89.9. The third kappa shape index (κ3) is 7.36. The smallest absolute Gasteiger partial charge is 0.0978 e. The fourth-order valence-corrected chi connectivity index (χ4v) is 10.0. The molecule has 0 aliphatic heterocycles. The standard InChI is InChI=1S/C66H42N4/c1-7-20-43(21-8-1)55-39-59(45-24-11-3-12-25-45)67-63-51(55)34-36-53-57(41-61(69-65(53)63)47-28-15-5-16-29-47)49-32-19-33-50(38-49)58-42-62(48-30-17-6-18-31-48)70-66-54(58)37-35-52-56(44-22-9-2-10-23-44)40-60(68-64(52)66)46-26-13-4-14-27-46/h1-42H. The summed E-state index contributed by atoms with van der Waals surface area (Å²) in [7, 11) is 0. The maximum absolute atomic E-state index is 5.51. The molecule has 4 nitrogen and oxygen atoms in total. The summed E-state index contributed by atoms with van der Waals surface area (Å²) in [4.78, 5) is 21.9. The second kappa shape index (κ2) is 17.4. The first-order chi connectivity index (χ1) is 34.7. The van der Waals surface area contributed by atoms with Gasteiger partial charge in [-0.15, -0.1) is 0 Å². The molecule has 0 radical (unpaired) electrons. The van der Waals surface area contributed by atoms with E-state index in [1.807, 2.05) is 12.1 Å². The Hall–Kier alpha value is -9.38. The molecule has 13 aromatic rings. The predicted molar refractivity (Wildman–Crippen MR) is 291 cm³/mol. The van der Waals surface area contributed by atoms with Crippen molar-refractivity contribution in [1.29, 1.82) is 0 Å². The number of pyridine rings is 4. The fraction of sp³-hybridized carbons (Fsp3) is 0. The molecule has 4 heterocycles. The molecule has 0 saturated heterocycles. The monoisotopic (exact) mass is 890 g/mol. The van der Waals surface area contributed by atoms with Crippen LogP contribution in [0.5, 0.6) is 0 Å². The summed E-state index contributed by atoms with van der Waals surface area (Å²) in [5.41, 5.74) is 20.0. The first kappa shape index (κ1) is 40.9. The largest absolute Gasteiger partial charge is 0.245 e. The van der Waals surface area contributed by atoms with E-state index in [0.717, 1.165) is 133 Å². The Morgan fingerprint density at radius 3 is 0.643 bits per heavy atom. The molecule has 0 fully saturated rings. The van der Waals surface area contributed by atoms with Crippen molar-refractivity contribution in [1.82, 2.24) is 19.9 Å². The molecular formula is C66H42N4. The molecule has 4 aromatic heterocycles. The van der Waals surface area contributed by atoms with Crippen LogP contribution in [-0.2, 0) is 0 Å². The van der Waals surface area contributed by atoms with Crippen LogP contribution in [0.25, 0.3) is 133 Å². The second-order valence-corrected chi connectivity index (χ2v) is 17.7. The van der Waals surface area contributed by atoms with Crippen LogP contribution >= 0.6 is 0 Å². The van der Waals surface area contributed by atoms with Crippen molar-refractivity contribution in [3.8, 4) is 89.5 Å². The van der Waals surface area contributed by atoms with Crippen molar-refractivity contribution in [3.05, 3.63) is 255 Å². The zero-order valence-corrected chi connectivity index (χ0v) is 38.0. The lowest BCUT2D eigenvalue weighted by atomic mass is 9.91. The van der Waals surface area contributed by atoms with E-state index in [9.17, 15) is 0 Å². The summed E-state index contributed by atoms with van der Waals surface area (Å²) >= 11 is 0. The van der Waals surface area contributed by atoms with Crippen molar-refractivity contribution in [2.75, 3.05) is 0 Å². The van der Waals surface area contributed by atoms with Gasteiger partial charge in [0.15, 0.2) is 0 Å². The van der Waals surface area contributed by atoms with Crippen LogP contribution in [0.4, 0.5) is 0 Å². The highest BCUT2D eigenvalue weighted by Crippen LogP contribution is 2.43. The SMILES string of the molecule is c1ccc(-c2cc(-c3ccccc3)c3ccc4c(-c5cccc(-c6cc(-c7ccccc7)nc7c6ccc6c(-c8ccccc8)cc(-c8ccccc8)nc67)c5)cc(-c5ccccc5)nc4c3n2)cc1. The Morgan fingerprint density at radius 1 is 0.171 bits per heavy atom. The Balaban J connectivity index is 1.07. The van der Waals surface area contributed by atoms with E-state index in [-0.39, 0.29) is 0 Å². The lowest BCUT2D eigenvalue weighted by Crippen LogP contribution is -1.96. The second-order valence-electron chi connectivity index (χ2n) is 17.7. The van der Waals surface area contributed by atoms with Gasteiger partial charge in [-0.25, -0.2) is 19.9 Å². The molecule has 13 rings (SSSR count). The summed E-state index contributed by atoms with van der Waals surface area (Å²) in [6.45, 7) is 0. The number of nitrogens with zero attached hydrogens (tertiary/aromatic N) is 4. The number of rotatable bonds is 8. The van der Waals surface area contributed by atoms with Crippen molar-refractivity contribution in [2.24, 2.45) is 0 Å². The van der Waals surface area contributed by atoms with Crippen LogP contribution in [0.15, 0.2) is 255 Å². The molecule has 0 aliphatic rings. The van der Waals surface area contributed by atoms with Crippen molar-refractivity contribution in [3.63, 3.8) is 0 Å². The van der Waals surface area contributed by atoms with Crippen LogP contribution in [0, 0.1) is 0 Å². The average Bonchev–Trinajstić information content (AvgIpc) is 3.45. The number of benzene rings is 9. The van der Waals surface area contributed by atoms with E-state index >= 15 is 0 Å². The van der Waals surface area contributed by atoms with Crippen LogP contribution in [0.2, 0.25) is 0 Å². The minimum absolute atomic E-state index is 0.857. The molecule has 70 heavy (non-hydrogen) atoms. The van der Waals surface area contributed by atoms with E-state index in [1.165, 1.54) is 0 Å². The van der Waals surface area contributed by atoms with Crippen molar-refractivity contribution in [2.45, 2.75) is 0 Å². The quantitative estimate of drug-likeness (QED) is 0.143. The predicted octanol–water partition coefficient (Wildman–Crippen LogP) is 17.2. The topological polar surface area (TPSA) is 51.6 Å². The number of aromatic nitrogens is 4. The van der Waals surface area contributed by atoms with Crippen LogP contribution in [-0.4, -0.2) is 19.9 Å². The van der Waals surface area contributed by atoms with Gasteiger partial charge in [-0.05, 0) is 74.8 Å². The summed E-state index contributed by atoms with van der Waals surface area (Å²) in [6.07, 6.45) is 0. The van der Waals surface area contributed by atoms with Gasteiger partial charge in [0.1, 0.15) is 0 Å². The average molecular weight is 891 g/mol. The molecule has 4 heteroatoms. The zero-order chi connectivity index (χ0) is 46.4. The number of hydrogen-bond donors (Lipinski definition) is 0. The summed E-state index contributed by atoms with van der Waals surface area (Å²) < 4.78 is 0. The lowest BCUT2D eigenvalue weighted by molar-refractivity contribution is 1.36. The van der Waals surface area contributed by atoms with Gasteiger partial charge in [0.2, 0.25) is 0 Å². The Bertz CT molecular complexity index is 3800. The highest BCUT2D eigenvalue weighted by Gasteiger charge is 2.20. The van der Waals surface area contributed by atoms with Gasteiger partial charge in [-0.3, -0.25) is 0 Å². The third-order valence-electron chi connectivity index (χ3n) is 13.4. The zero-order valence-electron chi connectivity index (χ0n) is 38.0. The summed E-state index contributed by atoms with van der Waals surface area (Å²) in [5, 5.41) is 4.17. The van der Waals surface area contributed by atoms with E-state index in [0.29, 0.717) is 0 Å². The maximum Gasteiger partial charge on any atom is 0.0978 e. The van der Waals surface area contributed by atoms with Crippen LogP contribution < -0.4 is 0 Å². The van der Waals surface area contributed by atoms with Crippen molar-refractivity contribution >= 4 is 43.6 Å².